The molecule has 0 aliphatic heterocycles. The first-order valence-electron chi connectivity index (χ1n) is 5.47. The van der Waals surface area contributed by atoms with Gasteiger partial charge in [0.15, 0.2) is 17.2 Å². The zero-order valence-electron chi connectivity index (χ0n) is 10.7. The Morgan fingerprint density at radius 2 is 1.67 bits per heavy atom. The molecule has 2 N–H and O–H groups in total. The molecule has 0 heterocycles. The fourth-order valence-electron chi connectivity index (χ4n) is 1.46. The summed E-state index contributed by atoms with van der Waals surface area (Å²) in [5, 5.41) is 17.7. The molecule has 0 aliphatic carbocycles. The second-order valence-electron chi connectivity index (χ2n) is 3.41. The number of methoxy groups -OCH3 is 2. The van der Waals surface area contributed by atoms with Gasteiger partial charge in [-0.3, -0.25) is 0 Å². The molecule has 6 nitrogen and oxygen atoms in total. The zero-order chi connectivity index (χ0) is 13.5. The summed E-state index contributed by atoms with van der Waals surface area (Å²) in [6.45, 7) is 2.90. The largest absolute Gasteiger partial charge is 0.707 e. The van der Waals surface area contributed by atoms with Crippen LogP contribution in [0.4, 0.5) is 0 Å². The summed E-state index contributed by atoms with van der Waals surface area (Å²) < 4.78 is 20.4. The first-order valence-corrected chi connectivity index (χ1v) is 5.47. The monoisotopic (exact) mass is 256 g/mol. The maximum atomic E-state index is 8.85. The Morgan fingerprint density at radius 1 is 1.11 bits per heavy atom. The molecular weight excluding hydrogens is 239 g/mol. The average Bonchev–Trinajstić information content (AvgIpc) is 2.36. The van der Waals surface area contributed by atoms with Gasteiger partial charge in [-0.15, -0.1) is 0 Å². The molecule has 0 aliphatic rings. The highest BCUT2D eigenvalue weighted by Crippen LogP contribution is 2.38. The summed E-state index contributed by atoms with van der Waals surface area (Å²) >= 11 is 0. The molecule has 1 aromatic carbocycles. The number of hydrogen-bond acceptors (Lipinski definition) is 6. The molecule has 18 heavy (non-hydrogen) atoms. The number of rotatable bonds is 7. The maximum absolute atomic E-state index is 8.85. The van der Waals surface area contributed by atoms with Crippen molar-refractivity contribution in [2.75, 3.05) is 20.8 Å². The van der Waals surface area contributed by atoms with E-state index in [0.29, 0.717) is 24.7 Å². The summed E-state index contributed by atoms with van der Waals surface area (Å²) in [5.74, 6) is 0.824. The normalized spacial score (nSPS) is 10.1. The molecule has 1 aromatic rings. The van der Waals surface area contributed by atoms with E-state index in [4.69, 9.17) is 28.9 Å². The minimum atomic E-state index is -1.94. The van der Waals surface area contributed by atoms with Crippen LogP contribution in [0, 0.1) is 0 Å². The van der Waals surface area contributed by atoms with Gasteiger partial charge in [0.05, 0.1) is 20.8 Å². The molecule has 7 heteroatoms. The van der Waals surface area contributed by atoms with Crippen LogP contribution in [0.1, 0.15) is 12.5 Å². The lowest BCUT2D eigenvalue weighted by Gasteiger charge is -2.15. The van der Waals surface area contributed by atoms with Gasteiger partial charge in [-0.25, -0.2) is 0 Å². The van der Waals surface area contributed by atoms with Crippen molar-refractivity contribution in [3.63, 3.8) is 0 Å². The standard InChI is InChI=1S/C11H17BO6/c1-4-17-7-8-5-9(15-2)11(18-12(13)14)10(6-8)16-3/h5-6,13-14H,4,7H2,1-3H3. The highest BCUT2D eigenvalue weighted by molar-refractivity contribution is 6.34. The van der Waals surface area contributed by atoms with E-state index < -0.39 is 7.32 Å². The van der Waals surface area contributed by atoms with E-state index in [9.17, 15) is 0 Å². The van der Waals surface area contributed by atoms with Gasteiger partial charge < -0.3 is 28.9 Å². The first kappa shape index (κ1) is 14.6. The molecule has 0 bridgehead atoms. The van der Waals surface area contributed by atoms with Crippen molar-refractivity contribution in [2.45, 2.75) is 13.5 Å². The molecule has 0 unspecified atom stereocenters. The molecule has 0 fully saturated rings. The van der Waals surface area contributed by atoms with E-state index in [1.807, 2.05) is 6.92 Å². The number of hydrogen-bond donors (Lipinski definition) is 2. The van der Waals surface area contributed by atoms with Crippen molar-refractivity contribution < 1.29 is 28.9 Å². The van der Waals surface area contributed by atoms with Crippen LogP contribution in [-0.4, -0.2) is 38.2 Å². The molecule has 0 spiro atoms. The third-order valence-corrected chi connectivity index (χ3v) is 2.22. The lowest BCUT2D eigenvalue weighted by Crippen LogP contribution is -2.21. The predicted molar refractivity (Wildman–Crippen MR) is 65.7 cm³/mol. The van der Waals surface area contributed by atoms with Crippen molar-refractivity contribution in [1.29, 1.82) is 0 Å². The Morgan fingerprint density at radius 3 is 2.06 bits per heavy atom. The van der Waals surface area contributed by atoms with Gasteiger partial charge in [0.1, 0.15) is 0 Å². The van der Waals surface area contributed by atoms with Gasteiger partial charge in [-0.1, -0.05) is 0 Å². The summed E-state index contributed by atoms with van der Waals surface area (Å²) in [6, 6.07) is 3.38. The Labute approximate surface area is 106 Å². The number of ether oxygens (including phenoxy) is 3. The quantitative estimate of drug-likeness (QED) is 0.695. The van der Waals surface area contributed by atoms with Crippen molar-refractivity contribution in [2.24, 2.45) is 0 Å². The van der Waals surface area contributed by atoms with Gasteiger partial charge >= 0.3 is 7.32 Å². The van der Waals surface area contributed by atoms with Crippen LogP contribution in [0.2, 0.25) is 0 Å². The van der Waals surface area contributed by atoms with E-state index >= 15 is 0 Å². The highest BCUT2D eigenvalue weighted by Gasteiger charge is 2.20. The van der Waals surface area contributed by atoms with Gasteiger partial charge in [0, 0.05) is 6.61 Å². The second-order valence-corrected chi connectivity index (χ2v) is 3.41. The summed E-state index contributed by atoms with van der Waals surface area (Å²) in [4.78, 5) is 0. The lowest BCUT2D eigenvalue weighted by atomic mass is 10.1. The van der Waals surface area contributed by atoms with Crippen molar-refractivity contribution in [1.82, 2.24) is 0 Å². The molecule has 0 aromatic heterocycles. The van der Waals surface area contributed by atoms with Gasteiger partial charge in [0.2, 0.25) is 0 Å². The van der Waals surface area contributed by atoms with E-state index in [1.54, 1.807) is 12.1 Å². The third kappa shape index (κ3) is 3.80. The zero-order valence-corrected chi connectivity index (χ0v) is 10.7. The fraction of sp³-hybridized carbons (Fsp3) is 0.455. The Balaban J connectivity index is 3.08. The molecule has 0 amide bonds. The smallest absolute Gasteiger partial charge is 0.506 e. The minimum absolute atomic E-state index is 0.134. The number of benzene rings is 1. The summed E-state index contributed by atoms with van der Waals surface area (Å²) in [5.41, 5.74) is 0.838. The molecule has 0 radical (unpaired) electrons. The topological polar surface area (TPSA) is 77.4 Å². The van der Waals surface area contributed by atoms with E-state index in [1.165, 1.54) is 14.2 Å². The molecule has 0 saturated carbocycles. The SMILES string of the molecule is CCOCc1cc(OC)c(OB(O)O)c(OC)c1. The van der Waals surface area contributed by atoms with Gasteiger partial charge in [0.25, 0.3) is 0 Å². The van der Waals surface area contributed by atoms with Crippen LogP contribution < -0.4 is 14.1 Å². The van der Waals surface area contributed by atoms with Crippen molar-refractivity contribution >= 4 is 7.32 Å². The van der Waals surface area contributed by atoms with Crippen molar-refractivity contribution in [3.05, 3.63) is 17.7 Å². The van der Waals surface area contributed by atoms with E-state index in [0.717, 1.165) is 5.56 Å². The Kier molecular flexibility index (Phi) is 5.77. The van der Waals surface area contributed by atoms with Gasteiger partial charge in [-0.05, 0) is 24.6 Å². The maximum Gasteiger partial charge on any atom is 0.707 e. The average molecular weight is 256 g/mol. The van der Waals surface area contributed by atoms with Crippen LogP contribution in [-0.2, 0) is 11.3 Å². The van der Waals surface area contributed by atoms with Crippen LogP contribution in [0.15, 0.2) is 12.1 Å². The first-order chi connectivity index (χ1) is 8.62. The minimum Gasteiger partial charge on any atom is -0.506 e. The predicted octanol–water partition coefficient (Wildman–Crippen LogP) is 0.589. The van der Waals surface area contributed by atoms with Crippen LogP contribution in [0.5, 0.6) is 17.2 Å². The van der Waals surface area contributed by atoms with Gasteiger partial charge in [-0.2, -0.15) is 0 Å². The highest BCUT2D eigenvalue weighted by atomic mass is 16.6. The molecule has 0 atom stereocenters. The molecule has 0 saturated heterocycles. The summed E-state index contributed by atoms with van der Waals surface area (Å²) in [7, 11) is 0.969. The Hall–Kier alpha value is -1.44. The van der Waals surface area contributed by atoms with Crippen LogP contribution >= 0.6 is 0 Å². The fourth-order valence-corrected chi connectivity index (χ4v) is 1.46. The molecule has 1 rings (SSSR count). The van der Waals surface area contributed by atoms with Crippen LogP contribution in [0.3, 0.4) is 0 Å². The third-order valence-electron chi connectivity index (χ3n) is 2.22. The van der Waals surface area contributed by atoms with E-state index in [2.05, 4.69) is 0 Å². The van der Waals surface area contributed by atoms with Crippen LogP contribution in [0.25, 0.3) is 0 Å². The molecular formula is C11H17BO6. The van der Waals surface area contributed by atoms with E-state index in [-0.39, 0.29) is 5.75 Å². The summed E-state index contributed by atoms with van der Waals surface area (Å²) in [6.07, 6.45) is 0. The molecule has 100 valence electrons. The Bertz CT molecular complexity index is 357. The second kappa shape index (κ2) is 7.10. The van der Waals surface area contributed by atoms with Crippen molar-refractivity contribution in [3.8, 4) is 17.2 Å². The lowest BCUT2D eigenvalue weighted by molar-refractivity contribution is 0.133.